The standard InChI is InChI=1S/C14H24N4O2S/c1-2-13-5-3-4-8-18(13)21(19,20)14-11(10-16-17-14)9-15-12-6-7-12/h10,12-13,15H,2-9H2,1H3,(H,16,17). The first-order valence-electron chi connectivity index (χ1n) is 7.90. The second-order valence-corrected chi connectivity index (χ2v) is 7.88. The van der Waals surface area contributed by atoms with E-state index in [0.29, 0.717) is 19.1 Å². The molecule has 0 aromatic carbocycles. The van der Waals surface area contributed by atoms with Gasteiger partial charge in [0.05, 0.1) is 6.20 Å². The number of H-pyrrole nitrogens is 1. The van der Waals surface area contributed by atoms with Gasteiger partial charge in [-0.2, -0.15) is 9.40 Å². The molecule has 1 aliphatic carbocycles. The molecular weight excluding hydrogens is 288 g/mol. The van der Waals surface area contributed by atoms with Crippen LogP contribution in [0.15, 0.2) is 11.2 Å². The Labute approximate surface area is 126 Å². The second-order valence-electron chi connectivity index (χ2n) is 6.05. The Hall–Kier alpha value is -0.920. The van der Waals surface area contributed by atoms with Gasteiger partial charge in [0.25, 0.3) is 10.0 Å². The molecule has 6 nitrogen and oxygen atoms in total. The third-order valence-electron chi connectivity index (χ3n) is 4.45. The highest BCUT2D eigenvalue weighted by atomic mass is 32.2. The monoisotopic (exact) mass is 312 g/mol. The fourth-order valence-electron chi connectivity index (χ4n) is 3.01. The minimum Gasteiger partial charge on any atom is -0.310 e. The van der Waals surface area contributed by atoms with Crippen molar-refractivity contribution in [2.45, 2.75) is 69.1 Å². The molecular formula is C14H24N4O2S. The van der Waals surface area contributed by atoms with Crippen LogP contribution < -0.4 is 5.32 Å². The van der Waals surface area contributed by atoms with Crippen molar-refractivity contribution in [1.82, 2.24) is 19.8 Å². The molecule has 3 rings (SSSR count). The van der Waals surface area contributed by atoms with Crippen LogP contribution in [0.2, 0.25) is 0 Å². The number of aromatic nitrogens is 2. The summed E-state index contributed by atoms with van der Waals surface area (Å²) < 4.78 is 27.5. The smallest absolute Gasteiger partial charge is 0.260 e. The maximum absolute atomic E-state index is 12.9. The van der Waals surface area contributed by atoms with Gasteiger partial charge in [-0.1, -0.05) is 13.3 Å². The minimum atomic E-state index is -3.46. The highest BCUT2D eigenvalue weighted by molar-refractivity contribution is 7.89. The first-order chi connectivity index (χ1) is 10.1. The van der Waals surface area contributed by atoms with E-state index in [-0.39, 0.29) is 11.1 Å². The summed E-state index contributed by atoms with van der Waals surface area (Å²) in [4.78, 5) is 0. The lowest BCUT2D eigenvalue weighted by molar-refractivity contribution is 0.246. The fourth-order valence-corrected chi connectivity index (χ4v) is 4.88. The van der Waals surface area contributed by atoms with Gasteiger partial charge in [0, 0.05) is 30.7 Å². The zero-order valence-corrected chi connectivity index (χ0v) is 13.3. The third-order valence-corrected chi connectivity index (χ3v) is 6.42. The summed E-state index contributed by atoms with van der Waals surface area (Å²) in [6.07, 6.45) is 7.88. The number of nitrogens with zero attached hydrogens (tertiary/aromatic N) is 2. The predicted octanol–water partition coefficient (Wildman–Crippen LogP) is 1.61. The number of hydrogen-bond donors (Lipinski definition) is 2. The van der Waals surface area contributed by atoms with Crippen molar-refractivity contribution in [1.29, 1.82) is 0 Å². The SMILES string of the molecule is CCC1CCCCN1S(=O)(=O)c1[nH]ncc1CNC1CC1. The number of piperidine rings is 1. The quantitative estimate of drug-likeness (QED) is 0.836. The summed E-state index contributed by atoms with van der Waals surface area (Å²) in [5.41, 5.74) is 0.752. The van der Waals surface area contributed by atoms with Crippen molar-refractivity contribution in [3.63, 3.8) is 0 Å². The Kier molecular flexibility index (Phi) is 4.33. The van der Waals surface area contributed by atoms with Gasteiger partial charge in [-0.25, -0.2) is 8.42 Å². The Morgan fingerprint density at radius 2 is 2.19 bits per heavy atom. The van der Waals surface area contributed by atoms with E-state index in [0.717, 1.165) is 31.2 Å². The Morgan fingerprint density at radius 3 is 2.90 bits per heavy atom. The Morgan fingerprint density at radius 1 is 1.38 bits per heavy atom. The first kappa shape index (κ1) is 15.0. The zero-order chi connectivity index (χ0) is 14.9. The molecule has 7 heteroatoms. The lowest BCUT2D eigenvalue weighted by Gasteiger charge is -2.33. The van der Waals surface area contributed by atoms with Crippen molar-refractivity contribution >= 4 is 10.0 Å². The average molecular weight is 312 g/mol. The van der Waals surface area contributed by atoms with E-state index in [1.807, 2.05) is 0 Å². The topological polar surface area (TPSA) is 78.1 Å². The molecule has 0 radical (unpaired) electrons. The van der Waals surface area contributed by atoms with Crippen LogP contribution in [0.5, 0.6) is 0 Å². The fraction of sp³-hybridized carbons (Fsp3) is 0.786. The van der Waals surface area contributed by atoms with Crippen LogP contribution in [0.4, 0.5) is 0 Å². The van der Waals surface area contributed by atoms with Crippen molar-refractivity contribution in [2.75, 3.05) is 6.54 Å². The largest absolute Gasteiger partial charge is 0.310 e. The van der Waals surface area contributed by atoms with Gasteiger partial charge in [-0.15, -0.1) is 0 Å². The van der Waals surface area contributed by atoms with Crippen LogP contribution in [0.1, 0.15) is 51.0 Å². The van der Waals surface area contributed by atoms with Crippen LogP contribution in [0, 0.1) is 0 Å². The van der Waals surface area contributed by atoms with Gasteiger partial charge >= 0.3 is 0 Å². The van der Waals surface area contributed by atoms with Crippen molar-refractivity contribution < 1.29 is 8.42 Å². The number of aromatic amines is 1. The van der Waals surface area contributed by atoms with Gasteiger partial charge in [-0.05, 0) is 32.1 Å². The molecule has 2 aliphatic rings. The molecule has 1 saturated heterocycles. The highest BCUT2D eigenvalue weighted by Gasteiger charge is 2.35. The molecule has 0 amide bonds. The maximum Gasteiger partial charge on any atom is 0.260 e. The average Bonchev–Trinajstić information content (AvgIpc) is 3.20. The van der Waals surface area contributed by atoms with E-state index in [1.165, 1.54) is 12.8 Å². The number of nitrogens with one attached hydrogen (secondary N) is 2. The van der Waals surface area contributed by atoms with Crippen LogP contribution in [-0.2, 0) is 16.6 Å². The van der Waals surface area contributed by atoms with E-state index in [1.54, 1.807) is 10.5 Å². The molecule has 1 aromatic rings. The molecule has 2 N–H and O–H groups in total. The van der Waals surface area contributed by atoms with Gasteiger partial charge in [0.1, 0.15) is 0 Å². The summed E-state index contributed by atoms with van der Waals surface area (Å²) in [5, 5.41) is 10.3. The van der Waals surface area contributed by atoms with Crippen LogP contribution in [0.3, 0.4) is 0 Å². The van der Waals surface area contributed by atoms with Gasteiger partial charge in [-0.3, -0.25) is 5.10 Å². The summed E-state index contributed by atoms with van der Waals surface area (Å²) in [5.74, 6) is 0. The summed E-state index contributed by atoms with van der Waals surface area (Å²) in [6.45, 7) is 3.25. The van der Waals surface area contributed by atoms with Crippen LogP contribution in [-0.4, -0.2) is 41.5 Å². The zero-order valence-electron chi connectivity index (χ0n) is 12.5. The van der Waals surface area contributed by atoms with Gasteiger partial charge < -0.3 is 5.32 Å². The summed E-state index contributed by atoms with van der Waals surface area (Å²) in [7, 11) is -3.46. The van der Waals surface area contributed by atoms with E-state index in [2.05, 4.69) is 22.4 Å². The van der Waals surface area contributed by atoms with Crippen molar-refractivity contribution in [3.05, 3.63) is 11.8 Å². The van der Waals surface area contributed by atoms with E-state index in [4.69, 9.17) is 0 Å². The Bertz CT molecular complexity index is 580. The van der Waals surface area contributed by atoms with Crippen LogP contribution in [0.25, 0.3) is 0 Å². The lowest BCUT2D eigenvalue weighted by atomic mass is 10.0. The lowest BCUT2D eigenvalue weighted by Crippen LogP contribution is -2.43. The molecule has 1 unspecified atom stereocenters. The number of sulfonamides is 1. The number of rotatable bonds is 6. The van der Waals surface area contributed by atoms with Gasteiger partial charge in [0.2, 0.25) is 0 Å². The highest BCUT2D eigenvalue weighted by Crippen LogP contribution is 2.28. The second kappa shape index (κ2) is 6.06. The van der Waals surface area contributed by atoms with Crippen molar-refractivity contribution in [2.24, 2.45) is 0 Å². The summed E-state index contributed by atoms with van der Waals surface area (Å²) in [6, 6.07) is 0.671. The third kappa shape index (κ3) is 3.14. The molecule has 118 valence electrons. The molecule has 2 fully saturated rings. The molecule has 0 bridgehead atoms. The molecule has 2 heterocycles. The van der Waals surface area contributed by atoms with E-state index >= 15 is 0 Å². The van der Waals surface area contributed by atoms with Crippen LogP contribution >= 0.6 is 0 Å². The first-order valence-corrected chi connectivity index (χ1v) is 9.34. The number of hydrogen-bond acceptors (Lipinski definition) is 4. The summed E-state index contributed by atoms with van der Waals surface area (Å²) >= 11 is 0. The normalized spacial score (nSPS) is 24.3. The molecule has 1 atom stereocenters. The molecule has 21 heavy (non-hydrogen) atoms. The predicted molar refractivity (Wildman–Crippen MR) is 80.3 cm³/mol. The minimum absolute atomic E-state index is 0.122. The maximum atomic E-state index is 12.9. The molecule has 1 aromatic heterocycles. The Balaban J connectivity index is 1.81. The van der Waals surface area contributed by atoms with E-state index < -0.39 is 10.0 Å². The van der Waals surface area contributed by atoms with Gasteiger partial charge in [0.15, 0.2) is 5.03 Å². The molecule has 1 saturated carbocycles. The van der Waals surface area contributed by atoms with E-state index in [9.17, 15) is 8.42 Å². The molecule has 0 spiro atoms. The molecule has 1 aliphatic heterocycles. The van der Waals surface area contributed by atoms with Crippen molar-refractivity contribution in [3.8, 4) is 0 Å².